The van der Waals surface area contributed by atoms with Crippen LogP contribution in [-0.2, 0) is 4.79 Å². The minimum absolute atomic E-state index is 0.455. The monoisotopic (exact) mass is 458 g/mol. The summed E-state index contributed by atoms with van der Waals surface area (Å²) in [4.78, 5) is 22.6. The maximum Gasteiger partial charge on any atom is 0.153 e. The van der Waals surface area contributed by atoms with Crippen molar-refractivity contribution in [1.82, 2.24) is 9.78 Å². The zero-order valence-electron chi connectivity index (χ0n) is 12.9. The first-order valence-electron chi connectivity index (χ1n) is 7.35. The van der Waals surface area contributed by atoms with E-state index in [1.807, 2.05) is 48.5 Å². The van der Waals surface area contributed by atoms with Gasteiger partial charge in [-0.15, -0.1) is 0 Å². The summed E-state index contributed by atoms with van der Waals surface area (Å²) in [6.45, 7) is 0. The number of allylic oxidation sites excluding steroid dienone is 1. The average Bonchev–Trinajstić information content (AvgIpc) is 3.05. The van der Waals surface area contributed by atoms with E-state index >= 15 is 0 Å². The third-order valence-corrected chi connectivity index (χ3v) is 4.66. The first-order chi connectivity index (χ1) is 12.1. The Morgan fingerprint density at radius 1 is 0.920 bits per heavy atom. The van der Waals surface area contributed by atoms with E-state index in [2.05, 4.69) is 37.0 Å². The number of aromatic nitrogens is 2. The molecular formula is C19H12Br2N2O2. The molecule has 6 heteroatoms. The second-order valence-electron chi connectivity index (χ2n) is 5.20. The summed E-state index contributed by atoms with van der Waals surface area (Å²) in [5, 5.41) is 4.53. The molecule has 3 rings (SSSR count). The minimum Gasteiger partial charge on any atom is -0.298 e. The molecule has 3 aromatic rings. The Balaban J connectivity index is 2.10. The molecule has 0 radical (unpaired) electrons. The molecule has 1 aromatic heterocycles. The van der Waals surface area contributed by atoms with Crippen LogP contribution in [0.5, 0.6) is 0 Å². The first kappa shape index (κ1) is 17.5. The summed E-state index contributed by atoms with van der Waals surface area (Å²) in [7, 11) is 0. The largest absolute Gasteiger partial charge is 0.298 e. The molecule has 0 aliphatic carbocycles. The summed E-state index contributed by atoms with van der Waals surface area (Å²) < 4.78 is 3.43. The Kier molecular flexibility index (Phi) is 5.40. The van der Waals surface area contributed by atoms with Crippen LogP contribution in [0, 0.1) is 0 Å². The Labute approximate surface area is 161 Å². The number of benzene rings is 2. The van der Waals surface area contributed by atoms with Crippen molar-refractivity contribution in [3.8, 4) is 11.3 Å². The van der Waals surface area contributed by atoms with Gasteiger partial charge in [-0.3, -0.25) is 9.59 Å². The molecule has 0 fully saturated rings. The van der Waals surface area contributed by atoms with E-state index in [-0.39, 0.29) is 0 Å². The van der Waals surface area contributed by atoms with Crippen LogP contribution in [0.2, 0.25) is 0 Å². The Hall–Kier alpha value is -2.31. The lowest BCUT2D eigenvalue weighted by molar-refractivity contribution is -0.104. The lowest BCUT2D eigenvalue weighted by Gasteiger charge is -2.07. The molecule has 1 heterocycles. The third-order valence-electron chi connectivity index (χ3n) is 3.60. The van der Waals surface area contributed by atoms with Crippen LogP contribution in [-0.4, -0.2) is 22.4 Å². The number of carbonyl (C=O) groups is 2. The van der Waals surface area contributed by atoms with Gasteiger partial charge in [-0.1, -0.05) is 56.1 Å². The number of carbonyl (C=O) groups excluding carboxylic acids is 2. The number of halogens is 2. The number of nitrogens with zero attached hydrogens (tertiary/aromatic N) is 2. The topological polar surface area (TPSA) is 52.0 Å². The third kappa shape index (κ3) is 3.86. The van der Waals surface area contributed by atoms with Crippen LogP contribution < -0.4 is 0 Å². The summed E-state index contributed by atoms with van der Waals surface area (Å²) >= 11 is 6.78. The van der Waals surface area contributed by atoms with E-state index in [0.717, 1.165) is 26.4 Å². The number of hydrogen-bond donors (Lipinski definition) is 0. The van der Waals surface area contributed by atoms with E-state index < -0.39 is 0 Å². The molecule has 0 spiro atoms. The predicted octanol–water partition coefficient (Wildman–Crippen LogP) is 4.98. The van der Waals surface area contributed by atoms with Gasteiger partial charge in [-0.25, -0.2) is 4.68 Å². The molecule has 0 aliphatic heterocycles. The van der Waals surface area contributed by atoms with Gasteiger partial charge in [-0.05, 0) is 24.3 Å². The Bertz CT molecular complexity index is 943. The zero-order chi connectivity index (χ0) is 17.8. The predicted molar refractivity (Wildman–Crippen MR) is 104 cm³/mol. The van der Waals surface area contributed by atoms with Gasteiger partial charge >= 0.3 is 0 Å². The highest BCUT2D eigenvalue weighted by atomic mass is 79.9. The summed E-state index contributed by atoms with van der Waals surface area (Å²) in [5.41, 5.74) is 3.25. The van der Waals surface area contributed by atoms with Crippen molar-refractivity contribution in [2.24, 2.45) is 0 Å². The van der Waals surface area contributed by atoms with E-state index in [9.17, 15) is 9.59 Å². The van der Waals surface area contributed by atoms with Crippen LogP contribution >= 0.6 is 31.9 Å². The van der Waals surface area contributed by atoms with Crippen LogP contribution in [0.15, 0.2) is 69.7 Å². The fourth-order valence-corrected chi connectivity index (χ4v) is 2.95. The van der Waals surface area contributed by atoms with Crippen LogP contribution in [0.1, 0.15) is 15.9 Å². The van der Waals surface area contributed by atoms with Crippen molar-refractivity contribution in [1.29, 1.82) is 0 Å². The maximum absolute atomic E-state index is 11.5. The van der Waals surface area contributed by atoms with Crippen molar-refractivity contribution in [2.45, 2.75) is 0 Å². The van der Waals surface area contributed by atoms with Gasteiger partial charge in [-0.2, -0.15) is 5.10 Å². The Morgan fingerprint density at radius 2 is 1.52 bits per heavy atom. The van der Waals surface area contributed by atoms with E-state index in [0.29, 0.717) is 23.2 Å². The summed E-state index contributed by atoms with van der Waals surface area (Å²) in [6.07, 6.45) is 4.53. The van der Waals surface area contributed by atoms with Gasteiger partial charge < -0.3 is 0 Å². The molecule has 0 unspecified atom stereocenters. The minimum atomic E-state index is 0.455. The van der Waals surface area contributed by atoms with Crippen LogP contribution in [0.4, 0.5) is 0 Å². The quantitative estimate of drug-likeness (QED) is 0.399. The molecule has 0 atom stereocenters. The van der Waals surface area contributed by atoms with E-state index in [1.165, 1.54) is 6.08 Å². The second-order valence-corrected chi connectivity index (χ2v) is 7.03. The number of rotatable bonds is 5. The maximum atomic E-state index is 11.5. The second kappa shape index (κ2) is 7.72. The molecule has 0 bridgehead atoms. The normalized spacial score (nSPS) is 11.4. The van der Waals surface area contributed by atoms with Crippen LogP contribution in [0.3, 0.4) is 0 Å². The van der Waals surface area contributed by atoms with E-state index in [4.69, 9.17) is 0 Å². The van der Waals surface area contributed by atoms with Crippen molar-refractivity contribution >= 4 is 50.1 Å². The fraction of sp³-hybridized carbons (Fsp3) is 0. The molecule has 0 amide bonds. The van der Waals surface area contributed by atoms with Gasteiger partial charge in [0.1, 0.15) is 12.0 Å². The van der Waals surface area contributed by atoms with Crippen molar-refractivity contribution in [3.05, 3.63) is 80.9 Å². The van der Waals surface area contributed by atoms with Gasteiger partial charge in [0.15, 0.2) is 6.29 Å². The molecule has 124 valence electrons. The lowest BCUT2D eigenvalue weighted by atomic mass is 10.1. The van der Waals surface area contributed by atoms with E-state index in [1.54, 1.807) is 10.9 Å². The molecule has 25 heavy (non-hydrogen) atoms. The molecule has 0 saturated heterocycles. The van der Waals surface area contributed by atoms with Gasteiger partial charge in [0, 0.05) is 32.3 Å². The number of aldehydes is 2. The zero-order valence-corrected chi connectivity index (χ0v) is 16.1. The van der Waals surface area contributed by atoms with Crippen LogP contribution in [0.25, 0.3) is 17.0 Å². The SMILES string of the molecule is O=C/C=C(\c1ccc(Br)cc1)n1cc(C=O)c(-c2ccc(Br)cc2)n1. The van der Waals surface area contributed by atoms with Gasteiger partial charge in [0.25, 0.3) is 0 Å². The number of hydrogen-bond acceptors (Lipinski definition) is 3. The fourth-order valence-electron chi connectivity index (χ4n) is 2.42. The van der Waals surface area contributed by atoms with Gasteiger partial charge in [0.05, 0.1) is 11.3 Å². The molecule has 4 nitrogen and oxygen atoms in total. The summed E-state index contributed by atoms with van der Waals surface area (Å²) in [5.74, 6) is 0. The highest BCUT2D eigenvalue weighted by molar-refractivity contribution is 9.10. The molecule has 0 N–H and O–H groups in total. The lowest BCUT2D eigenvalue weighted by Crippen LogP contribution is -2.00. The average molecular weight is 460 g/mol. The smallest absolute Gasteiger partial charge is 0.153 e. The van der Waals surface area contributed by atoms with Gasteiger partial charge in [0.2, 0.25) is 0 Å². The molecular weight excluding hydrogens is 448 g/mol. The first-order valence-corrected chi connectivity index (χ1v) is 8.93. The molecule has 0 saturated carbocycles. The van der Waals surface area contributed by atoms with Crippen molar-refractivity contribution in [3.63, 3.8) is 0 Å². The van der Waals surface area contributed by atoms with Crippen molar-refractivity contribution in [2.75, 3.05) is 0 Å². The molecule has 0 aliphatic rings. The van der Waals surface area contributed by atoms with Crippen molar-refractivity contribution < 1.29 is 9.59 Å². The highest BCUT2D eigenvalue weighted by Gasteiger charge is 2.14. The Morgan fingerprint density at radius 3 is 2.08 bits per heavy atom. The molecule has 2 aromatic carbocycles. The highest BCUT2D eigenvalue weighted by Crippen LogP contribution is 2.26. The summed E-state index contributed by atoms with van der Waals surface area (Å²) in [6, 6.07) is 15.1. The standard InChI is InChI=1S/C19H12Br2N2O2/c20-16-5-1-13(2-6-16)18(9-10-24)23-11-15(12-25)19(22-23)14-3-7-17(21)8-4-14/h1-12H/b18-9+.